The number of hydrogen-bond acceptors (Lipinski definition) is 4. The Morgan fingerprint density at radius 3 is 3.18 bits per heavy atom. The Balaban J connectivity index is 2.21. The van der Waals surface area contributed by atoms with E-state index in [2.05, 4.69) is 11.9 Å². The zero-order valence-corrected chi connectivity index (χ0v) is 10.8. The maximum absolute atomic E-state index is 14.1. The molecule has 0 saturated carbocycles. The van der Waals surface area contributed by atoms with Gasteiger partial charge in [-0.3, -0.25) is 0 Å². The van der Waals surface area contributed by atoms with Crippen molar-refractivity contribution in [3.05, 3.63) is 23.6 Å². The van der Waals surface area contributed by atoms with Crippen molar-refractivity contribution < 1.29 is 4.39 Å². The van der Waals surface area contributed by atoms with Crippen LogP contribution in [-0.2, 0) is 6.54 Å². The van der Waals surface area contributed by atoms with Gasteiger partial charge in [0.05, 0.1) is 0 Å². The number of rotatable bonds is 3. The third kappa shape index (κ3) is 2.72. The molecule has 94 valence electrons. The van der Waals surface area contributed by atoms with E-state index in [0.29, 0.717) is 16.6 Å². The van der Waals surface area contributed by atoms with Gasteiger partial charge in [0.1, 0.15) is 0 Å². The van der Waals surface area contributed by atoms with Crippen molar-refractivity contribution in [3.8, 4) is 0 Å². The van der Waals surface area contributed by atoms with Crippen LogP contribution in [0.2, 0.25) is 0 Å². The van der Waals surface area contributed by atoms with Crippen molar-refractivity contribution in [1.82, 2.24) is 4.98 Å². The third-order valence-electron chi connectivity index (χ3n) is 3.06. The molecule has 0 amide bonds. The molecule has 1 aliphatic heterocycles. The first-order chi connectivity index (χ1) is 8.26. The molecule has 2 N–H and O–H groups in total. The Hall–Kier alpha value is -0.810. The largest absolute Gasteiger partial charge is 0.352 e. The summed E-state index contributed by atoms with van der Waals surface area (Å²) >= 11 is 1.96. The molecule has 0 bridgehead atoms. The molecule has 5 heteroatoms. The number of nitrogens with zero attached hydrogens (tertiary/aromatic N) is 2. The monoisotopic (exact) mass is 255 g/mol. The van der Waals surface area contributed by atoms with E-state index in [9.17, 15) is 4.39 Å². The average molecular weight is 255 g/mol. The van der Waals surface area contributed by atoms with Gasteiger partial charge >= 0.3 is 0 Å². The maximum Gasteiger partial charge on any atom is 0.170 e. The van der Waals surface area contributed by atoms with Crippen molar-refractivity contribution in [2.45, 2.75) is 25.1 Å². The summed E-state index contributed by atoms with van der Waals surface area (Å²) in [6, 6.07) is 1.65. The first kappa shape index (κ1) is 12.6. The van der Waals surface area contributed by atoms with Crippen LogP contribution in [0, 0.1) is 5.82 Å². The second-order valence-electron chi connectivity index (χ2n) is 4.16. The van der Waals surface area contributed by atoms with Crippen LogP contribution in [0.25, 0.3) is 0 Å². The number of anilines is 1. The van der Waals surface area contributed by atoms with Gasteiger partial charge in [-0.1, -0.05) is 6.92 Å². The van der Waals surface area contributed by atoms with E-state index in [-0.39, 0.29) is 12.4 Å². The van der Waals surface area contributed by atoms with Gasteiger partial charge in [-0.25, -0.2) is 9.37 Å². The van der Waals surface area contributed by atoms with Crippen molar-refractivity contribution >= 4 is 17.6 Å². The molecule has 2 heterocycles. The highest BCUT2D eigenvalue weighted by molar-refractivity contribution is 8.00. The van der Waals surface area contributed by atoms with Crippen LogP contribution >= 0.6 is 11.8 Å². The standard InChI is InChI=1S/C12H18FN3S/c1-2-10-8-16(5-6-17-10)12-11(13)9(7-14)3-4-15-12/h3-4,10H,2,5-8,14H2,1H3. The number of pyridine rings is 1. The number of hydrogen-bond donors (Lipinski definition) is 1. The SMILES string of the molecule is CCC1CN(c2nccc(CN)c2F)CCS1. The van der Waals surface area contributed by atoms with Crippen LogP contribution in [0.4, 0.5) is 10.2 Å². The lowest BCUT2D eigenvalue weighted by molar-refractivity contribution is 0.590. The number of halogens is 1. The normalized spacial score (nSPS) is 20.6. The van der Waals surface area contributed by atoms with E-state index in [1.165, 1.54) is 0 Å². The first-order valence-corrected chi connectivity index (χ1v) is 7.01. The van der Waals surface area contributed by atoms with Gasteiger partial charge in [-0.15, -0.1) is 0 Å². The molecule has 0 aromatic carbocycles. The first-order valence-electron chi connectivity index (χ1n) is 5.96. The predicted octanol–water partition coefficient (Wildman–Crippen LogP) is 2.01. The zero-order valence-electron chi connectivity index (χ0n) is 10.0. The van der Waals surface area contributed by atoms with Gasteiger partial charge in [0.15, 0.2) is 11.6 Å². The van der Waals surface area contributed by atoms with Crippen molar-refractivity contribution in [1.29, 1.82) is 0 Å². The average Bonchev–Trinajstić information content (AvgIpc) is 2.39. The van der Waals surface area contributed by atoms with E-state index < -0.39 is 0 Å². The van der Waals surface area contributed by atoms with Crippen molar-refractivity contribution in [3.63, 3.8) is 0 Å². The molecule has 0 radical (unpaired) electrons. The summed E-state index contributed by atoms with van der Waals surface area (Å²) in [5.41, 5.74) is 6.05. The molecule has 1 unspecified atom stereocenters. The van der Waals surface area contributed by atoms with Crippen LogP contribution in [0.15, 0.2) is 12.3 Å². The fourth-order valence-corrected chi connectivity index (χ4v) is 3.19. The lowest BCUT2D eigenvalue weighted by Crippen LogP contribution is -2.38. The molecule has 1 fully saturated rings. The lowest BCUT2D eigenvalue weighted by Gasteiger charge is -2.33. The summed E-state index contributed by atoms with van der Waals surface area (Å²) in [4.78, 5) is 6.21. The minimum Gasteiger partial charge on any atom is -0.352 e. The fraction of sp³-hybridized carbons (Fsp3) is 0.583. The van der Waals surface area contributed by atoms with Crippen LogP contribution in [0.5, 0.6) is 0 Å². The third-order valence-corrected chi connectivity index (χ3v) is 4.44. The summed E-state index contributed by atoms with van der Waals surface area (Å²) in [6.45, 7) is 4.13. The molecule has 17 heavy (non-hydrogen) atoms. The summed E-state index contributed by atoms with van der Waals surface area (Å²) < 4.78 is 14.1. The fourth-order valence-electron chi connectivity index (χ4n) is 2.01. The van der Waals surface area contributed by atoms with E-state index in [4.69, 9.17) is 5.73 Å². The number of aromatic nitrogens is 1. The second kappa shape index (κ2) is 5.69. The summed E-state index contributed by atoms with van der Waals surface area (Å²) in [7, 11) is 0. The lowest BCUT2D eigenvalue weighted by atomic mass is 10.2. The Labute approximate surface area is 106 Å². The Kier molecular flexibility index (Phi) is 4.23. The smallest absolute Gasteiger partial charge is 0.170 e. The highest BCUT2D eigenvalue weighted by Gasteiger charge is 2.23. The molecule has 2 rings (SSSR count). The van der Waals surface area contributed by atoms with E-state index in [1.807, 2.05) is 16.7 Å². The van der Waals surface area contributed by atoms with Crippen LogP contribution in [0.3, 0.4) is 0 Å². The molecular formula is C12H18FN3S. The van der Waals surface area contributed by atoms with Gasteiger partial charge < -0.3 is 10.6 Å². The van der Waals surface area contributed by atoms with E-state index in [1.54, 1.807) is 12.3 Å². The Morgan fingerprint density at radius 1 is 1.65 bits per heavy atom. The summed E-state index contributed by atoms with van der Waals surface area (Å²) in [5.74, 6) is 1.25. The Morgan fingerprint density at radius 2 is 2.47 bits per heavy atom. The quantitative estimate of drug-likeness (QED) is 0.897. The van der Waals surface area contributed by atoms with Crippen LogP contribution < -0.4 is 10.6 Å². The molecule has 1 aliphatic rings. The maximum atomic E-state index is 14.1. The van der Waals surface area contributed by atoms with Crippen LogP contribution in [0.1, 0.15) is 18.9 Å². The molecule has 1 aromatic rings. The van der Waals surface area contributed by atoms with E-state index >= 15 is 0 Å². The second-order valence-corrected chi connectivity index (χ2v) is 5.57. The molecule has 0 spiro atoms. The Bertz CT molecular complexity index is 386. The van der Waals surface area contributed by atoms with Gasteiger partial charge in [-0.2, -0.15) is 11.8 Å². The van der Waals surface area contributed by atoms with Crippen molar-refractivity contribution in [2.24, 2.45) is 5.73 Å². The molecule has 0 aliphatic carbocycles. The molecular weight excluding hydrogens is 237 g/mol. The van der Waals surface area contributed by atoms with Gasteiger partial charge in [0, 0.05) is 42.4 Å². The van der Waals surface area contributed by atoms with Gasteiger partial charge in [0.25, 0.3) is 0 Å². The van der Waals surface area contributed by atoms with Crippen LogP contribution in [-0.4, -0.2) is 29.1 Å². The highest BCUT2D eigenvalue weighted by atomic mass is 32.2. The number of thioether (sulfide) groups is 1. The molecule has 1 atom stereocenters. The zero-order chi connectivity index (χ0) is 12.3. The summed E-state index contributed by atoms with van der Waals surface area (Å²) in [5, 5.41) is 0.575. The molecule has 1 aromatic heterocycles. The topological polar surface area (TPSA) is 42.2 Å². The highest BCUT2D eigenvalue weighted by Crippen LogP contribution is 2.27. The van der Waals surface area contributed by atoms with Gasteiger partial charge in [-0.05, 0) is 12.5 Å². The minimum absolute atomic E-state index is 0.223. The molecule has 1 saturated heterocycles. The van der Waals surface area contributed by atoms with Gasteiger partial charge in [0.2, 0.25) is 0 Å². The van der Waals surface area contributed by atoms with E-state index in [0.717, 1.165) is 25.3 Å². The molecule has 3 nitrogen and oxygen atoms in total. The number of nitrogens with two attached hydrogens (primary N) is 1. The van der Waals surface area contributed by atoms with Crippen molar-refractivity contribution in [2.75, 3.05) is 23.7 Å². The minimum atomic E-state index is -0.253. The summed E-state index contributed by atoms with van der Waals surface area (Å²) in [6.07, 6.45) is 2.75. The predicted molar refractivity (Wildman–Crippen MR) is 70.8 cm³/mol.